The molecule has 21 heavy (non-hydrogen) atoms. The summed E-state index contributed by atoms with van der Waals surface area (Å²) < 4.78 is 5.61. The van der Waals surface area contributed by atoms with Crippen LogP contribution < -0.4 is 5.32 Å². The van der Waals surface area contributed by atoms with Crippen molar-refractivity contribution in [3.63, 3.8) is 0 Å². The highest BCUT2D eigenvalue weighted by molar-refractivity contribution is 5.53. The Kier molecular flexibility index (Phi) is 4.36. The summed E-state index contributed by atoms with van der Waals surface area (Å²) in [6.45, 7) is 5.12. The molecule has 1 fully saturated rings. The molecular weight excluding hydrogens is 262 g/mol. The van der Waals surface area contributed by atoms with Crippen molar-refractivity contribution in [2.75, 3.05) is 20.1 Å². The van der Waals surface area contributed by atoms with Crippen LogP contribution in [0.2, 0.25) is 0 Å². The lowest BCUT2D eigenvalue weighted by Crippen LogP contribution is -2.35. The summed E-state index contributed by atoms with van der Waals surface area (Å²) >= 11 is 0. The SMILES string of the molecule is Cc1ccc(-c2nc(CN(C)CC3CCCN3)co2)cc1. The molecule has 4 nitrogen and oxygen atoms in total. The molecular formula is C17H23N3O. The van der Waals surface area contributed by atoms with Gasteiger partial charge in [0.1, 0.15) is 6.26 Å². The van der Waals surface area contributed by atoms with Crippen LogP contribution in [0.1, 0.15) is 24.1 Å². The Bertz CT molecular complexity index is 570. The third kappa shape index (κ3) is 3.71. The highest BCUT2D eigenvalue weighted by Gasteiger charge is 2.16. The third-order valence-electron chi connectivity index (χ3n) is 3.98. The molecule has 1 aromatic carbocycles. The van der Waals surface area contributed by atoms with Gasteiger partial charge in [0.15, 0.2) is 0 Å². The van der Waals surface area contributed by atoms with E-state index in [1.54, 1.807) is 6.26 Å². The van der Waals surface area contributed by atoms with Gasteiger partial charge < -0.3 is 9.73 Å². The van der Waals surface area contributed by atoms with Gasteiger partial charge in [-0.3, -0.25) is 4.90 Å². The second kappa shape index (κ2) is 6.41. The molecule has 112 valence electrons. The molecule has 2 heterocycles. The first-order valence-electron chi connectivity index (χ1n) is 7.64. The van der Waals surface area contributed by atoms with Crippen LogP contribution in [0.25, 0.3) is 11.5 Å². The monoisotopic (exact) mass is 285 g/mol. The van der Waals surface area contributed by atoms with Gasteiger partial charge in [-0.1, -0.05) is 17.7 Å². The van der Waals surface area contributed by atoms with E-state index in [2.05, 4.69) is 53.4 Å². The highest BCUT2D eigenvalue weighted by Crippen LogP contribution is 2.19. The predicted octanol–water partition coefficient (Wildman–Crippen LogP) is 2.83. The molecule has 1 aliphatic heterocycles. The lowest BCUT2D eigenvalue weighted by Gasteiger charge is -2.19. The minimum Gasteiger partial charge on any atom is -0.444 e. The summed E-state index contributed by atoms with van der Waals surface area (Å²) in [4.78, 5) is 6.90. The van der Waals surface area contributed by atoms with Gasteiger partial charge in [0.2, 0.25) is 5.89 Å². The van der Waals surface area contributed by atoms with E-state index >= 15 is 0 Å². The van der Waals surface area contributed by atoms with E-state index < -0.39 is 0 Å². The van der Waals surface area contributed by atoms with Gasteiger partial charge in [0.05, 0.1) is 5.69 Å². The van der Waals surface area contributed by atoms with Crippen molar-refractivity contribution in [3.8, 4) is 11.5 Å². The van der Waals surface area contributed by atoms with E-state index in [0.717, 1.165) is 30.9 Å². The molecule has 0 amide bonds. The number of aryl methyl sites for hydroxylation is 1. The van der Waals surface area contributed by atoms with Gasteiger partial charge in [-0.15, -0.1) is 0 Å². The maximum absolute atomic E-state index is 5.61. The molecule has 3 rings (SSSR count). The summed E-state index contributed by atoms with van der Waals surface area (Å²) in [6.07, 6.45) is 4.34. The summed E-state index contributed by atoms with van der Waals surface area (Å²) in [6, 6.07) is 8.89. The van der Waals surface area contributed by atoms with E-state index in [9.17, 15) is 0 Å². The number of oxazole rings is 1. The Morgan fingerprint density at radius 1 is 1.33 bits per heavy atom. The van der Waals surface area contributed by atoms with Crippen molar-refractivity contribution in [2.45, 2.75) is 32.4 Å². The number of hydrogen-bond acceptors (Lipinski definition) is 4. The van der Waals surface area contributed by atoms with E-state index in [0.29, 0.717) is 11.9 Å². The van der Waals surface area contributed by atoms with Crippen LogP contribution in [0.3, 0.4) is 0 Å². The molecule has 1 saturated heterocycles. The molecule has 1 aromatic heterocycles. The van der Waals surface area contributed by atoms with Gasteiger partial charge in [-0.05, 0) is 45.5 Å². The van der Waals surface area contributed by atoms with Crippen molar-refractivity contribution in [2.24, 2.45) is 0 Å². The molecule has 0 aliphatic carbocycles. The molecule has 2 aromatic rings. The summed E-state index contributed by atoms with van der Waals surface area (Å²) in [5, 5.41) is 3.52. The zero-order valence-electron chi connectivity index (χ0n) is 12.8. The Morgan fingerprint density at radius 3 is 2.86 bits per heavy atom. The zero-order chi connectivity index (χ0) is 14.7. The molecule has 1 N–H and O–H groups in total. The number of nitrogens with zero attached hydrogens (tertiary/aromatic N) is 2. The van der Waals surface area contributed by atoms with E-state index in [1.165, 1.54) is 18.4 Å². The van der Waals surface area contributed by atoms with E-state index in [4.69, 9.17) is 4.42 Å². The number of hydrogen-bond donors (Lipinski definition) is 1. The molecule has 0 bridgehead atoms. The van der Waals surface area contributed by atoms with Crippen molar-refractivity contribution in [1.29, 1.82) is 0 Å². The van der Waals surface area contributed by atoms with Gasteiger partial charge in [0.25, 0.3) is 0 Å². The Labute approximate surface area is 126 Å². The average molecular weight is 285 g/mol. The fraction of sp³-hybridized carbons (Fsp3) is 0.471. The number of benzene rings is 1. The second-order valence-corrected chi connectivity index (χ2v) is 6.00. The fourth-order valence-electron chi connectivity index (χ4n) is 2.84. The zero-order valence-corrected chi connectivity index (χ0v) is 12.8. The molecule has 0 radical (unpaired) electrons. The first kappa shape index (κ1) is 14.3. The smallest absolute Gasteiger partial charge is 0.226 e. The minimum atomic E-state index is 0.624. The average Bonchev–Trinajstić information content (AvgIpc) is 3.11. The van der Waals surface area contributed by atoms with Crippen LogP contribution in [-0.4, -0.2) is 36.1 Å². The first-order valence-corrected chi connectivity index (χ1v) is 7.64. The van der Waals surface area contributed by atoms with Crippen LogP contribution in [0.15, 0.2) is 34.9 Å². The van der Waals surface area contributed by atoms with Gasteiger partial charge in [-0.25, -0.2) is 4.98 Å². The lowest BCUT2D eigenvalue weighted by molar-refractivity contribution is 0.290. The van der Waals surface area contributed by atoms with Crippen molar-refractivity contribution < 1.29 is 4.42 Å². The standard InChI is InChI=1S/C17H23N3O/c1-13-5-7-14(8-6-13)17-19-16(12-21-17)11-20(2)10-15-4-3-9-18-15/h5-8,12,15,18H,3-4,9-11H2,1-2H3. The first-order chi connectivity index (χ1) is 10.2. The number of rotatable bonds is 5. The maximum atomic E-state index is 5.61. The largest absolute Gasteiger partial charge is 0.444 e. The molecule has 0 saturated carbocycles. The normalized spacial score (nSPS) is 18.5. The van der Waals surface area contributed by atoms with E-state index in [1.807, 2.05) is 0 Å². The lowest BCUT2D eigenvalue weighted by atomic mass is 10.1. The van der Waals surface area contributed by atoms with Crippen molar-refractivity contribution in [3.05, 3.63) is 41.8 Å². The van der Waals surface area contributed by atoms with Crippen LogP contribution >= 0.6 is 0 Å². The van der Waals surface area contributed by atoms with Gasteiger partial charge in [-0.2, -0.15) is 0 Å². The quantitative estimate of drug-likeness (QED) is 0.917. The van der Waals surface area contributed by atoms with Crippen LogP contribution in [-0.2, 0) is 6.54 Å². The minimum absolute atomic E-state index is 0.624. The predicted molar refractivity (Wildman–Crippen MR) is 84.0 cm³/mol. The molecule has 0 spiro atoms. The fourth-order valence-corrected chi connectivity index (χ4v) is 2.84. The van der Waals surface area contributed by atoms with E-state index in [-0.39, 0.29) is 0 Å². The summed E-state index contributed by atoms with van der Waals surface area (Å²) in [5.74, 6) is 0.706. The second-order valence-electron chi connectivity index (χ2n) is 6.00. The molecule has 4 heteroatoms. The Hall–Kier alpha value is -1.65. The van der Waals surface area contributed by atoms with Crippen molar-refractivity contribution in [1.82, 2.24) is 15.2 Å². The third-order valence-corrected chi connectivity index (χ3v) is 3.98. The van der Waals surface area contributed by atoms with Crippen LogP contribution in [0.4, 0.5) is 0 Å². The number of nitrogens with one attached hydrogen (secondary N) is 1. The Morgan fingerprint density at radius 2 is 2.14 bits per heavy atom. The molecule has 1 aliphatic rings. The van der Waals surface area contributed by atoms with Crippen LogP contribution in [0, 0.1) is 6.92 Å². The topological polar surface area (TPSA) is 41.3 Å². The highest BCUT2D eigenvalue weighted by atomic mass is 16.3. The van der Waals surface area contributed by atoms with Crippen LogP contribution in [0.5, 0.6) is 0 Å². The molecule has 1 atom stereocenters. The molecule has 1 unspecified atom stereocenters. The summed E-state index contributed by atoms with van der Waals surface area (Å²) in [5.41, 5.74) is 3.27. The maximum Gasteiger partial charge on any atom is 0.226 e. The van der Waals surface area contributed by atoms with Gasteiger partial charge in [0, 0.05) is 24.7 Å². The summed E-state index contributed by atoms with van der Waals surface area (Å²) in [7, 11) is 2.14. The van der Waals surface area contributed by atoms with Crippen molar-refractivity contribution >= 4 is 0 Å². The number of aromatic nitrogens is 1. The van der Waals surface area contributed by atoms with Gasteiger partial charge >= 0.3 is 0 Å². The number of likely N-dealkylation sites (N-methyl/N-ethyl adjacent to an activating group) is 1. The Balaban J connectivity index is 1.60.